The molecule has 1 fully saturated rings. The number of carbonyl (C=O) groups is 2. The van der Waals surface area contributed by atoms with Crippen molar-refractivity contribution in [2.24, 2.45) is 11.3 Å². The van der Waals surface area contributed by atoms with Gasteiger partial charge in [-0.3, -0.25) is 9.59 Å². The smallest absolute Gasteiger partial charge is 0.246 e. The Morgan fingerprint density at radius 1 is 1.20 bits per heavy atom. The number of nitrogens with zero attached hydrogens (tertiary/aromatic N) is 2. The highest BCUT2D eigenvalue weighted by Gasteiger charge is 2.33. The van der Waals surface area contributed by atoms with Crippen molar-refractivity contribution in [1.29, 1.82) is 0 Å². The zero-order chi connectivity index (χ0) is 22.4. The minimum Gasteiger partial charge on any atom is -0.353 e. The van der Waals surface area contributed by atoms with E-state index < -0.39 is 9.84 Å². The Kier molecular flexibility index (Phi) is 8.13. The number of carbonyl (C=O) groups excluding carboxylic acids is 2. The van der Waals surface area contributed by atoms with Gasteiger partial charge in [-0.15, -0.1) is 0 Å². The van der Waals surface area contributed by atoms with Crippen LogP contribution in [-0.4, -0.2) is 42.4 Å². The largest absolute Gasteiger partial charge is 0.353 e. The standard InChI is InChI=1S/C22H31N3O4S/c1-22(2,3)20(27)17-10-8-11-18(13-17)25-19(26)12-7-5-6-9-16-14-23-21(24-15-16)30(4,28)29/h14-15,17-18H,5,7-8,10-13H2,1-4H3,(H,25,26). The molecular formula is C22H31N3O4S. The van der Waals surface area contributed by atoms with Gasteiger partial charge in [0.25, 0.3) is 0 Å². The highest BCUT2D eigenvalue weighted by Crippen LogP contribution is 2.31. The number of amides is 1. The summed E-state index contributed by atoms with van der Waals surface area (Å²) in [6.45, 7) is 5.85. The lowest BCUT2D eigenvalue weighted by atomic mass is 9.75. The van der Waals surface area contributed by atoms with Crippen LogP contribution in [0.3, 0.4) is 0 Å². The molecule has 7 nitrogen and oxygen atoms in total. The number of unbranched alkanes of at least 4 members (excludes halogenated alkanes) is 1. The van der Waals surface area contributed by atoms with E-state index >= 15 is 0 Å². The van der Waals surface area contributed by atoms with Gasteiger partial charge >= 0.3 is 0 Å². The topological polar surface area (TPSA) is 106 Å². The maximum atomic E-state index is 12.5. The Bertz CT molecular complexity index is 922. The van der Waals surface area contributed by atoms with Crippen LogP contribution in [0.2, 0.25) is 0 Å². The molecule has 0 aliphatic heterocycles. The second-order valence-electron chi connectivity index (χ2n) is 8.92. The van der Waals surface area contributed by atoms with E-state index in [0.717, 1.165) is 31.9 Å². The first-order valence-corrected chi connectivity index (χ1v) is 12.2. The third kappa shape index (κ3) is 7.52. The Morgan fingerprint density at radius 2 is 1.87 bits per heavy atom. The first-order chi connectivity index (χ1) is 14.0. The summed E-state index contributed by atoms with van der Waals surface area (Å²) in [4.78, 5) is 32.3. The van der Waals surface area contributed by atoms with Gasteiger partial charge in [-0.1, -0.05) is 39.0 Å². The maximum Gasteiger partial charge on any atom is 0.246 e. The lowest BCUT2D eigenvalue weighted by Gasteiger charge is -2.32. The average Bonchev–Trinajstić information content (AvgIpc) is 2.66. The van der Waals surface area contributed by atoms with E-state index in [1.165, 1.54) is 12.4 Å². The molecule has 8 heteroatoms. The molecule has 0 radical (unpaired) electrons. The van der Waals surface area contributed by atoms with Crippen molar-refractivity contribution in [3.63, 3.8) is 0 Å². The summed E-state index contributed by atoms with van der Waals surface area (Å²) in [6.07, 6.45) is 8.86. The third-order valence-corrected chi connectivity index (χ3v) is 5.92. The van der Waals surface area contributed by atoms with Crippen LogP contribution in [0.1, 0.15) is 71.3 Å². The second kappa shape index (κ2) is 10.2. The summed E-state index contributed by atoms with van der Waals surface area (Å²) in [5, 5.41) is 2.84. The molecule has 1 aromatic heterocycles. The molecule has 1 aliphatic rings. The second-order valence-corrected chi connectivity index (χ2v) is 10.8. The van der Waals surface area contributed by atoms with Crippen LogP contribution in [0.15, 0.2) is 17.6 Å². The Labute approximate surface area is 179 Å². The summed E-state index contributed by atoms with van der Waals surface area (Å²) in [6, 6.07) is 0.0686. The summed E-state index contributed by atoms with van der Waals surface area (Å²) in [5.41, 5.74) is 0.189. The molecule has 1 N–H and O–H groups in total. The molecule has 1 aromatic rings. The van der Waals surface area contributed by atoms with Crippen molar-refractivity contribution in [3.8, 4) is 11.8 Å². The summed E-state index contributed by atoms with van der Waals surface area (Å²) >= 11 is 0. The fourth-order valence-corrected chi connectivity index (χ4v) is 4.03. The molecule has 1 amide bonds. The number of ketones is 1. The van der Waals surface area contributed by atoms with Gasteiger partial charge in [0.15, 0.2) is 0 Å². The lowest BCUT2D eigenvalue weighted by molar-refractivity contribution is -0.132. The molecule has 1 aliphatic carbocycles. The van der Waals surface area contributed by atoms with Gasteiger partial charge in [0, 0.05) is 48.9 Å². The number of Topliss-reactive ketones (excluding diaryl/α,β-unsaturated/α-hetero) is 1. The van der Waals surface area contributed by atoms with Crippen LogP contribution in [0, 0.1) is 23.2 Å². The molecule has 1 heterocycles. The SMILES string of the molecule is CC(C)(C)C(=O)C1CCCC(NC(=O)CCCC#Cc2cnc(S(C)(=O)=O)nc2)C1. The normalized spacial score (nSPS) is 19.5. The number of aromatic nitrogens is 2. The average molecular weight is 434 g/mol. The van der Waals surface area contributed by atoms with Crippen molar-refractivity contribution in [1.82, 2.24) is 15.3 Å². The lowest BCUT2D eigenvalue weighted by Crippen LogP contribution is -2.41. The maximum absolute atomic E-state index is 12.5. The summed E-state index contributed by atoms with van der Waals surface area (Å²) < 4.78 is 22.7. The molecule has 0 saturated heterocycles. The van der Waals surface area contributed by atoms with E-state index in [1.807, 2.05) is 20.8 Å². The number of sulfone groups is 1. The van der Waals surface area contributed by atoms with Gasteiger partial charge in [0.1, 0.15) is 5.78 Å². The Hall–Kier alpha value is -2.27. The van der Waals surface area contributed by atoms with Crippen molar-refractivity contribution >= 4 is 21.5 Å². The Morgan fingerprint density at radius 3 is 2.47 bits per heavy atom. The fourth-order valence-electron chi connectivity index (χ4n) is 3.55. The van der Waals surface area contributed by atoms with E-state index in [0.29, 0.717) is 24.8 Å². The van der Waals surface area contributed by atoms with E-state index in [-0.39, 0.29) is 34.2 Å². The molecule has 30 heavy (non-hydrogen) atoms. The zero-order valence-corrected chi connectivity index (χ0v) is 19.0. The molecule has 0 spiro atoms. The van der Waals surface area contributed by atoms with Crippen molar-refractivity contribution in [2.45, 2.75) is 76.9 Å². The minimum atomic E-state index is -3.42. The van der Waals surface area contributed by atoms with E-state index in [2.05, 4.69) is 27.1 Å². The van der Waals surface area contributed by atoms with Crippen LogP contribution in [0.5, 0.6) is 0 Å². The number of nitrogens with one attached hydrogen (secondary N) is 1. The van der Waals surface area contributed by atoms with Crippen LogP contribution < -0.4 is 5.32 Å². The number of hydrogen-bond donors (Lipinski definition) is 1. The van der Waals surface area contributed by atoms with Gasteiger partial charge < -0.3 is 5.32 Å². The van der Waals surface area contributed by atoms with Gasteiger partial charge in [-0.05, 0) is 25.7 Å². The van der Waals surface area contributed by atoms with E-state index in [1.54, 1.807) is 0 Å². The van der Waals surface area contributed by atoms with E-state index in [4.69, 9.17) is 0 Å². The molecule has 0 bridgehead atoms. The van der Waals surface area contributed by atoms with Gasteiger partial charge in [0.05, 0.1) is 5.56 Å². The molecule has 1 saturated carbocycles. The highest BCUT2D eigenvalue weighted by molar-refractivity contribution is 7.90. The predicted molar refractivity (Wildman–Crippen MR) is 114 cm³/mol. The highest BCUT2D eigenvalue weighted by atomic mass is 32.2. The quantitative estimate of drug-likeness (QED) is 0.420. The first-order valence-electron chi connectivity index (χ1n) is 10.3. The minimum absolute atomic E-state index is 0.00787. The van der Waals surface area contributed by atoms with Gasteiger partial charge in [0.2, 0.25) is 20.9 Å². The number of rotatable bonds is 6. The molecule has 2 unspecified atom stereocenters. The van der Waals surface area contributed by atoms with Crippen molar-refractivity contribution < 1.29 is 18.0 Å². The number of hydrogen-bond acceptors (Lipinski definition) is 6. The molecule has 164 valence electrons. The third-order valence-electron chi connectivity index (χ3n) is 5.05. The summed E-state index contributed by atoms with van der Waals surface area (Å²) in [7, 11) is -3.42. The van der Waals surface area contributed by atoms with Crippen LogP contribution in [-0.2, 0) is 19.4 Å². The predicted octanol–water partition coefficient (Wildman–Crippen LogP) is 2.69. The van der Waals surface area contributed by atoms with Crippen molar-refractivity contribution in [2.75, 3.05) is 6.26 Å². The fraction of sp³-hybridized carbons (Fsp3) is 0.636. The monoisotopic (exact) mass is 433 g/mol. The van der Waals surface area contributed by atoms with Crippen LogP contribution in [0.4, 0.5) is 0 Å². The van der Waals surface area contributed by atoms with Crippen molar-refractivity contribution in [3.05, 3.63) is 18.0 Å². The van der Waals surface area contributed by atoms with E-state index in [9.17, 15) is 18.0 Å². The first kappa shape index (κ1) is 24.0. The van der Waals surface area contributed by atoms with Crippen LogP contribution in [0.25, 0.3) is 0 Å². The Balaban J connectivity index is 1.74. The van der Waals surface area contributed by atoms with Gasteiger partial charge in [-0.25, -0.2) is 18.4 Å². The molecule has 0 aromatic carbocycles. The molecule has 2 rings (SSSR count). The van der Waals surface area contributed by atoms with Gasteiger partial charge in [-0.2, -0.15) is 0 Å². The molecule has 2 atom stereocenters. The molecular weight excluding hydrogens is 402 g/mol. The van der Waals surface area contributed by atoms with Crippen LogP contribution >= 0.6 is 0 Å². The zero-order valence-electron chi connectivity index (χ0n) is 18.2. The summed E-state index contributed by atoms with van der Waals surface area (Å²) in [5.74, 6) is 6.13.